The third-order valence-corrected chi connectivity index (χ3v) is 1.70. The lowest BCUT2D eigenvalue weighted by Crippen LogP contribution is -2.17. The molecule has 56 valence electrons. The van der Waals surface area contributed by atoms with E-state index < -0.39 is 0 Å². The molecule has 0 aromatic heterocycles. The number of amides is 1. The van der Waals surface area contributed by atoms with Crippen LogP contribution >= 0.6 is 0 Å². The number of nitrogens with zero attached hydrogens (tertiary/aromatic N) is 1. The highest BCUT2D eigenvalue weighted by Gasteiger charge is 2.24. The molecule has 1 rings (SSSR count). The van der Waals surface area contributed by atoms with Crippen LogP contribution in [0.3, 0.4) is 0 Å². The minimum absolute atomic E-state index is 0.0462. The third kappa shape index (κ3) is 1.43. The van der Waals surface area contributed by atoms with Gasteiger partial charge in [-0.1, -0.05) is 20.8 Å². The summed E-state index contributed by atoms with van der Waals surface area (Å²) in [4.78, 5) is 14.7. The second-order valence-corrected chi connectivity index (χ2v) is 3.70. The van der Waals surface area contributed by atoms with Crippen LogP contribution in [-0.4, -0.2) is 11.6 Å². The van der Waals surface area contributed by atoms with E-state index in [1.165, 1.54) is 0 Å². The summed E-state index contributed by atoms with van der Waals surface area (Å²) in [6.45, 7) is 6.26. The number of rotatable bonds is 0. The van der Waals surface area contributed by atoms with Gasteiger partial charge in [-0.2, -0.15) is 0 Å². The predicted octanol–water partition coefficient (Wildman–Crippen LogP) is 1.79. The Hall–Kier alpha value is -0.660. The normalized spacial score (nSPS) is 19.5. The standard InChI is InChI=1S/C8H13NO/c1-8(2,3)6-4-5-7(10)9-6/h4-5H2,1-3H3. The summed E-state index contributed by atoms with van der Waals surface area (Å²) in [6.07, 6.45) is 1.48. The fourth-order valence-electron chi connectivity index (χ4n) is 1.03. The minimum atomic E-state index is 0.0462. The summed E-state index contributed by atoms with van der Waals surface area (Å²) in [6, 6.07) is 0. The number of carbonyl (C=O) groups is 1. The first kappa shape index (κ1) is 7.45. The van der Waals surface area contributed by atoms with E-state index in [1.807, 2.05) is 0 Å². The Labute approximate surface area is 61.3 Å². The van der Waals surface area contributed by atoms with Gasteiger partial charge >= 0.3 is 0 Å². The Balaban J connectivity index is 2.76. The molecule has 2 heteroatoms. The lowest BCUT2D eigenvalue weighted by atomic mass is 9.88. The molecule has 0 spiro atoms. The molecule has 0 N–H and O–H groups in total. The van der Waals surface area contributed by atoms with E-state index in [2.05, 4.69) is 25.8 Å². The topological polar surface area (TPSA) is 29.4 Å². The molecule has 1 amide bonds. The second-order valence-electron chi connectivity index (χ2n) is 3.70. The Morgan fingerprint density at radius 2 is 1.90 bits per heavy atom. The summed E-state index contributed by atoms with van der Waals surface area (Å²) < 4.78 is 0. The zero-order valence-electron chi connectivity index (χ0n) is 6.77. The summed E-state index contributed by atoms with van der Waals surface area (Å²) >= 11 is 0. The van der Waals surface area contributed by atoms with Gasteiger partial charge < -0.3 is 0 Å². The van der Waals surface area contributed by atoms with Crippen LogP contribution < -0.4 is 0 Å². The van der Waals surface area contributed by atoms with Crippen LogP contribution in [0, 0.1) is 5.41 Å². The molecule has 0 aliphatic carbocycles. The van der Waals surface area contributed by atoms with Crippen LogP contribution in [0.15, 0.2) is 4.99 Å². The van der Waals surface area contributed by atoms with Gasteiger partial charge in [-0.15, -0.1) is 0 Å². The number of hydrogen-bond donors (Lipinski definition) is 0. The molecule has 0 saturated carbocycles. The van der Waals surface area contributed by atoms with Crippen molar-refractivity contribution in [3.8, 4) is 0 Å². The maximum Gasteiger partial charge on any atom is 0.245 e. The highest BCUT2D eigenvalue weighted by molar-refractivity contribution is 6.04. The zero-order chi connectivity index (χ0) is 7.78. The molecule has 0 radical (unpaired) electrons. The summed E-state index contributed by atoms with van der Waals surface area (Å²) in [5.41, 5.74) is 1.14. The van der Waals surface area contributed by atoms with Crippen molar-refractivity contribution in [1.29, 1.82) is 0 Å². The summed E-state index contributed by atoms with van der Waals surface area (Å²) in [5.74, 6) is 0.0462. The largest absolute Gasteiger partial charge is 0.273 e. The van der Waals surface area contributed by atoms with Gasteiger partial charge in [0.15, 0.2) is 0 Å². The molecule has 0 unspecified atom stereocenters. The fourth-order valence-corrected chi connectivity index (χ4v) is 1.03. The Kier molecular flexibility index (Phi) is 1.63. The predicted molar refractivity (Wildman–Crippen MR) is 41.1 cm³/mol. The van der Waals surface area contributed by atoms with Crippen molar-refractivity contribution in [2.75, 3.05) is 0 Å². The maximum atomic E-state index is 10.7. The van der Waals surface area contributed by atoms with E-state index >= 15 is 0 Å². The van der Waals surface area contributed by atoms with Gasteiger partial charge in [-0.05, 0) is 6.42 Å². The fraction of sp³-hybridized carbons (Fsp3) is 0.750. The second kappa shape index (κ2) is 2.19. The van der Waals surface area contributed by atoms with E-state index in [4.69, 9.17) is 0 Å². The van der Waals surface area contributed by atoms with Crippen molar-refractivity contribution in [2.45, 2.75) is 33.6 Å². The molecular formula is C8H13NO. The van der Waals surface area contributed by atoms with Crippen molar-refractivity contribution in [2.24, 2.45) is 10.4 Å². The maximum absolute atomic E-state index is 10.7. The molecule has 0 fully saturated rings. The summed E-state index contributed by atoms with van der Waals surface area (Å²) in [7, 11) is 0. The van der Waals surface area contributed by atoms with Gasteiger partial charge in [0, 0.05) is 17.5 Å². The molecule has 0 atom stereocenters. The zero-order valence-corrected chi connectivity index (χ0v) is 6.77. The van der Waals surface area contributed by atoms with Gasteiger partial charge in [0.1, 0.15) is 0 Å². The molecule has 0 bridgehead atoms. The molecule has 2 nitrogen and oxygen atoms in total. The number of hydrogen-bond acceptors (Lipinski definition) is 1. The molecule has 10 heavy (non-hydrogen) atoms. The molecule has 0 aromatic carbocycles. The number of aliphatic imine (C=N–C) groups is 1. The van der Waals surface area contributed by atoms with Crippen LogP contribution in [0.4, 0.5) is 0 Å². The van der Waals surface area contributed by atoms with Crippen molar-refractivity contribution in [1.82, 2.24) is 0 Å². The Bertz CT molecular complexity index is 186. The highest BCUT2D eigenvalue weighted by atomic mass is 16.1. The van der Waals surface area contributed by atoms with Gasteiger partial charge in [-0.25, -0.2) is 4.99 Å². The van der Waals surface area contributed by atoms with Gasteiger partial charge in [0.05, 0.1) is 0 Å². The van der Waals surface area contributed by atoms with Crippen molar-refractivity contribution in [3.63, 3.8) is 0 Å². The van der Waals surface area contributed by atoms with Crippen LogP contribution in [0.2, 0.25) is 0 Å². The van der Waals surface area contributed by atoms with Crippen LogP contribution in [-0.2, 0) is 4.79 Å². The Morgan fingerprint density at radius 1 is 1.30 bits per heavy atom. The molecule has 1 heterocycles. The quantitative estimate of drug-likeness (QED) is 0.503. The SMILES string of the molecule is CC(C)(C)C1=NC(=O)CC1. The van der Waals surface area contributed by atoms with Crippen LogP contribution in [0.1, 0.15) is 33.6 Å². The molecule has 1 aliphatic rings. The van der Waals surface area contributed by atoms with E-state index in [1.54, 1.807) is 0 Å². The van der Waals surface area contributed by atoms with Gasteiger partial charge in [0.2, 0.25) is 5.91 Å². The third-order valence-electron chi connectivity index (χ3n) is 1.70. The lowest BCUT2D eigenvalue weighted by molar-refractivity contribution is -0.117. The monoisotopic (exact) mass is 139 g/mol. The Morgan fingerprint density at radius 3 is 2.10 bits per heavy atom. The van der Waals surface area contributed by atoms with E-state index in [0.29, 0.717) is 6.42 Å². The van der Waals surface area contributed by atoms with E-state index in [-0.39, 0.29) is 11.3 Å². The first-order chi connectivity index (χ1) is 4.50. The van der Waals surface area contributed by atoms with Crippen molar-refractivity contribution in [3.05, 3.63) is 0 Å². The van der Waals surface area contributed by atoms with E-state index in [9.17, 15) is 4.79 Å². The lowest BCUT2D eigenvalue weighted by Gasteiger charge is -2.16. The van der Waals surface area contributed by atoms with Crippen molar-refractivity contribution >= 4 is 11.6 Å². The number of carbonyl (C=O) groups excluding carboxylic acids is 1. The molecule has 0 saturated heterocycles. The average molecular weight is 139 g/mol. The average Bonchev–Trinajstić information content (AvgIpc) is 2.11. The smallest absolute Gasteiger partial charge is 0.245 e. The van der Waals surface area contributed by atoms with Crippen LogP contribution in [0.25, 0.3) is 0 Å². The highest BCUT2D eigenvalue weighted by Crippen LogP contribution is 2.23. The minimum Gasteiger partial charge on any atom is -0.273 e. The first-order valence-electron chi connectivity index (χ1n) is 3.61. The summed E-state index contributed by atoms with van der Waals surface area (Å²) in [5, 5.41) is 0. The van der Waals surface area contributed by atoms with Gasteiger partial charge in [0.25, 0.3) is 0 Å². The molecule has 0 aromatic rings. The van der Waals surface area contributed by atoms with Crippen molar-refractivity contribution < 1.29 is 4.79 Å². The first-order valence-corrected chi connectivity index (χ1v) is 3.61. The molecular weight excluding hydrogens is 126 g/mol. The van der Waals surface area contributed by atoms with Crippen LogP contribution in [0.5, 0.6) is 0 Å². The van der Waals surface area contributed by atoms with Gasteiger partial charge in [-0.3, -0.25) is 4.79 Å². The molecule has 1 aliphatic heterocycles. The van der Waals surface area contributed by atoms with E-state index in [0.717, 1.165) is 12.1 Å².